The Hall–Kier alpha value is -2.90. The van der Waals surface area contributed by atoms with Gasteiger partial charge in [-0.25, -0.2) is 19.2 Å². The van der Waals surface area contributed by atoms with E-state index in [-0.39, 0.29) is 11.1 Å². The third kappa shape index (κ3) is 22.3. The molecule has 8 nitrogen and oxygen atoms in total. The Morgan fingerprint density at radius 2 is 0.955 bits per heavy atom. The van der Waals surface area contributed by atoms with Crippen molar-refractivity contribution in [2.45, 2.75) is 26.7 Å². The molecule has 0 fully saturated rings. The van der Waals surface area contributed by atoms with Crippen LogP contribution in [-0.2, 0) is 19.2 Å². The molecule has 8 heteroatoms. The summed E-state index contributed by atoms with van der Waals surface area (Å²) in [5, 5.41) is 31.8. The van der Waals surface area contributed by atoms with Crippen LogP contribution in [0.2, 0.25) is 0 Å². The Balaban J connectivity index is -0.000000247. The number of hydrogen-bond acceptors (Lipinski definition) is 4. The summed E-state index contributed by atoms with van der Waals surface area (Å²) in [4.78, 5) is 38.8. The van der Waals surface area contributed by atoms with Crippen molar-refractivity contribution in [3.63, 3.8) is 0 Å². The summed E-state index contributed by atoms with van der Waals surface area (Å²) >= 11 is 0. The van der Waals surface area contributed by atoms with Crippen LogP contribution in [-0.4, -0.2) is 44.3 Å². The van der Waals surface area contributed by atoms with E-state index in [0.29, 0.717) is 25.0 Å². The van der Waals surface area contributed by atoms with Crippen LogP contribution in [0.3, 0.4) is 0 Å². The van der Waals surface area contributed by atoms with Gasteiger partial charge in [0, 0.05) is 23.3 Å². The number of hydrogen-bond donors (Lipinski definition) is 4. The minimum absolute atomic E-state index is 0.264. The molecule has 0 spiro atoms. The second-order valence-corrected chi connectivity index (χ2v) is 3.53. The smallest absolute Gasteiger partial charge is 0.330 e. The van der Waals surface area contributed by atoms with Crippen LogP contribution < -0.4 is 0 Å². The SMILES string of the molecule is C=C(CC)C(=O)O.C=C(CC)C(=O)O.O=C(O)C=CC(=O)O. The molecule has 0 unspecified atom stereocenters. The van der Waals surface area contributed by atoms with E-state index < -0.39 is 23.9 Å². The summed E-state index contributed by atoms with van der Waals surface area (Å²) < 4.78 is 0. The molecule has 0 aromatic rings. The van der Waals surface area contributed by atoms with Crippen LogP contribution in [0.5, 0.6) is 0 Å². The lowest BCUT2D eigenvalue weighted by molar-refractivity contribution is -0.134. The minimum Gasteiger partial charge on any atom is -0.478 e. The second-order valence-electron chi connectivity index (χ2n) is 3.53. The number of carboxylic acid groups (broad SMARTS) is 4. The largest absolute Gasteiger partial charge is 0.478 e. The van der Waals surface area contributed by atoms with Crippen molar-refractivity contribution in [2.24, 2.45) is 0 Å². The number of rotatable bonds is 6. The van der Waals surface area contributed by atoms with Crippen molar-refractivity contribution < 1.29 is 39.6 Å². The zero-order valence-corrected chi connectivity index (χ0v) is 12.4. The predicted octanol–water partition coefficient (Wildman–Crippen LogP) is 1.79. The minimum atomic E-state index is -1.26. The summed E-state index contributed by atoms with van der Waals surface area (Å²) in [7, 11) is 0. The Bertz CT molecular complexity index is 417. The first-order valence-corrected chi connectivity index (χ1v) is 5.95. The zero-order valence-electron chi connectivity index (χ0n) is 12.4. The average Bonchev–Trinajstić information content (AvgIpc) is 2.44. The van der Waals surface area contributed by atoms with Crippen molar-refractivity contribution in [1.29, 1.82) is 0 Å². The van der Waals surface area contributed by atoms with E-state index in [1.165, 1.54) is 0 Å². The van der Waals surface area contributed by atoms with Gasteiger partial charge in [0.25, 0.3) is 0 Å². The molecule has 0 heterocycles. The molecule has 0 saturated carbocycles. The van der Waals surface area contributed by atoms with Gasteiger partial charge in [-0.3, -0.25) is 0 Å². The maximum Gasteiger partial charge on any atom is 0.330 e. The highest BCUT2D eigenvalue weighted by Gasteiger charge is 1.97. The topological polar surface area (TPSA) is 149 Å². The summed E-state index contributed by atoms with van der Waals surface area (Å²) in [6.07, 6.45) is 2.16. The maximum absolute atomic E-state index is 9.83. The van der Waals surface area contributed by atoms with Gasteiger partial charge in [0.05, 0.1) is 0 Å². The van der Waals surface area contributed by atoms with E-state index >= 15 is 0 Å². The fourth-order valence-electron chi connectivity index (χ4n) is 0.445. The van der Waals surface area contributed by atoms with Gasteiger partial charge in [0.2, 0.25) is 0 Å². The maximum atomic E-state index is 9.83. The van der Waals surface area contributed by atoms with E-state index in [4.69, 9.17) is 20.4 Å². The molecule has 0 amide bonds. The van der Waals surface area contributed by atoms with Crippen molar-refractivity contribution >= 4 is 23.9 Å². The molecule has 0 aliphatic rings. The van der Waals surface area contributed by atoms with Crippen LogP contribution in [0.1, 0.15) is 26.7 Å². The van der Waals surface area contributed by atoms with Gasteiger partial charge in [0.1, 0.15) is 0 Å². The van der Waals surface area contributed by atoms with E-state index in [9.17, 15) is 19.2 Å². The molecule has 0 aromatic heterocycles. The third-order valence-electron chi connectivity index (χ3n) is 1.83. The lowest BCUT2D eigenvalue weighted by Crippen LogP contribution is -1.95. The highest BCUT2D eigenvalue weighted by Crippen LogP contribution is 1.93. The van der Waals surface area contributed by atoms with Gasteiger partial charge in [-0.05, 0) is 12.8 Å². The summed E-state index contributed by atoms with van der Waals surface area (Å²) in [5.74, 6) is -4.32. The molecule has 0 atom stereocenters. The first-order valence-electron chi connectivity index (χ1n) is 5.95. The standard InChI is InChI=1S/2C5H8O2.C4H4O4/c2*1-3-4(2)5(6)7;5-3(6)1-2-4(7)8/h2*2-3H2,1H3,(H,6,7);1-2H,(H,5,6)(H,7,8). The number of aliphatic carboxylic acids is 4. The molecule has 0 aliphatic carbocycles. The lowest BCUT2D eigenvalue weighted by Gasteiger charge is -1.87. The van der Waals surface area contributed by atoms with Crippen LogP contribution in [0.15, 0.2) is 36.5 Å². The van der Waals surface area contributed by atoms with Crippen molar-refractivity contribution in [2.75, 3.05) is 0 Å². The highest BCUT2D eigenvalue weighted by molar-refractivity contribution is 5.89. The molecule has 4 N–H and O–H groups in total. The summed E-state index contributed by atoms with van der Waals surface area (Å²) in [5.41, 5.74) is 0.528. The van der Waals surface area contributed by atoms with E-state index in [1.807, 2.05) is 0 Å². The van der Waals surface area contributed by atoms with Gasteiger partial charge in [-0.2, -0.15) is 0 Å². The zero-order chi connectivity index (χ0) is 18.3. The molecular formula is C14H20O8. The Labute approximate surface area is 127 Å². The highest BCUT2D eigenvalue weighted by atomic mass is 16.4. The first kappa shape index (κ1) is 24.1. The molecule has 124 valence electrons. The third-order valence-corrected chi connectivity index (χ3v) is 1.83. The summed E-state index contributed by atoms with van der Waals surface area (Å²) in [6.45, 7) is 10.1. The van der Waals surface area contributed by atoms with Crippen LogP contribution in [0.4, 0.5) is 0 Å². The molecule has 0 saturated heterocycles. The Kier molecular flexibility index (Phi) is 15.9. The first-order chi connectivity index (χ1) is 9.99. The molecule has 0 bridgehead atoms. The van der Waals surface area contributed by atoms with Gasteiger partial charge in [-0.1, -0.05) is 27.0 Å². The van der Waals surface area contributed by atoms with Gasteiger partial charge in [-0.15, -0.1) is 0 Å². The van der Waals surface area contributed by atoms with Crippen molar-refractivity contribution in [3.8, 4) is 0 Å². The van der Waals surface area contributed by atoms with E-state index in [0.717, 1.165) is 0 Å². The lowest BCUT2D eigenvalue weighted by atomic mass is 10.2. The molecule has 0 aliphatic heterocycles. The molecule has 22 heavy (non-hydrogen) atoms. The summed E-state index contributed by atoms with van der Waals surface area (Å²) in [6, 6.07) is 0. The van der Waals surface area contributed by atoms with Crippen LogP contribution >= 0.6 is 0 Å². The monoisotopic (exact) mass is 316 g/mol. The van der Waals surface area contributed by atoms with E-state index in [2.05, 4.69) is 13.2 Å². The average molecular weight is 316 g/mol. The van der Waals surface area contributed by atoms with Crippen LogP contribution in [0, 0.1) is 0 Å². The van der Waals surface area contributed by atoms with Crippen molar-refractivity contribution in [1.82, 2.24) is 0 Å². The molecule has 0 rings (SSSR count). The Morgan fingerprint density at radius 1 is 0.727 bits per heavy atom. The van der Waals surface area contributed by atoms with Crippen LogP contribution in [0.25, 0.3) is 0 Å². The van der Waals surface area contributed by atoms with Gasteiger partial charge < -0.3 is 20.4 Å². The molecule has 0 radical (unpaired) electrons. The van der Waals surface area contributed by atoms with E-state index in [1.54, 1.807) is 13.8 Å². The van der Waals surface area contributed by atoms with Crippen molar-refractivity contribution in [3.05, 3.63) is 36.5 Å². The normalized spacial score (nSPS) is 8.64. The number of carbonyl (C=O) groups is 4. The molecular weight excluding hydrogens is 296 g/mol. The quantitative estimate of drug-likeness (QED) is 0.542. The molecule has 0 aromatic carbocycles. The number of carboxylic acids is 4. The fourth-order valence-corrected chi connectivity index (χ4v) is 0.445. The Morgan fingerprint density at radius 3 is 1.00 bits per heavy atom. The predicted molar refractivity (Wildman–Crippen MR) is 78.5 cm³/mol. The fraction of sp³-hybridized carbons (Fsp3) is 0.286. The van der Waals surface area contributed by atoms with Gasteiger partial charge >= 0.3 is 23.9 Å². The second kappa shape index (κ2) is 14.5. The van der Waals surface area contributed by atoms with Gasteiger partial charge in [0.15, 0.2) is 0 Å².